The molecule has 1 amide bonds. The van der Waals surface area contributed by atoms with Gasteiger partial charge >= 0.3 is 12.1 Å². The van der Waals surface area contributed by atoms with Crippen LogP contribution in [0.25, 0.3) is 0 Å². The van der Waals surface area contributed by atoms with Crippen LogP contribution in [0.1, 0.15) is 34.6 Å². The van der Waals surface area contributed by atoms with Crippen LogP contribution in [0.5, 0.6) is 0 Å². The first kappa shape index (κ1) is 17.5. The van der Waals surface area contributed by atoms with Crippen molar-refractivity contribution >= 4 is 12.1 Å². The summed E-state index contributed by atoms with van der Waals surface area (Å²) in [4.78, 5) is 27.5. The molecule has 1 heterocycles. The number of oxazole rings is 1. The van der Waals surface area contributed by atoms with Gasteiger partial charge in [0.1, 0.15) is 12.4 Å². The van der Waals surface area contributed by atoms with E-state index >= 15 is 0 Å². The third kappa shape index (κ3) is 5.12. The highest BCUT2D eigenvalue weighted by atomic mass is 16.5. The number of amides is 1. The monoisotopic (exact) mass is 332 g/mol. The molecule has 0 aliphatic carbocycles. The van der Waals surface area contributed by atoms with Crippen molar-refractivity contribution in [3.8, 4) is 0 Å². The summed E-state index contributed by atoms with van der Waals surface area (Å²) in [6.45, 7) is 4.08. The summed E-state index contributed by atoms with van der Waals surface area (Å²) in [6.07, 6.45) is -0.220. The molecule has 0 fully saturated rings. The zero-order valence-corrected chi connectivity index (χ0v) is 13.7. The Labute approximate surface area is 140 Å². The number of hydrogen-bond acceptors (Lipinski definition) is 6. The largest absolute Gasteiger partial charge is 0.461 e. The lowest BCUT2D eigenvalue weighted by Gasteiger charge is -2.06. The van der Waals surface area contributed by atoms with Gasteiger partial charge in [0.2, 0.25) is 0 Å². The van der Waals surface area contributed by atoms with Gasteiger partial charge in [-0.1, -0.05) is 30.3 Å². The highest BCUT2D eigenvalue weighted by molar-refractivity contribution is 5.88. The maximum Gasteiger partial charge on any atom is 0.407 e. The van der Waals surface area contributed by atoms with Gasteiger partial charge in [-0.3, -0.25) is 0 Å². The molecular weight excluding hydrogens is 312 g/mol. The number of benzene rings is 1. The normalized spacial score (nSPS) is 10.2. The molecule has 2 rings (SSSR count). The molecule has 0 saturated carbocycles. The third-order valence-electron chi connectivity index (χ3n) is 3.11. The number of nitrogens with one attached hydrogen (secondary N) is 1. The maximum atomic E-state index is 11.8. The fraction of sp³-hybridized carbons (Fsp3) is 0.353. The van der Waals surface area contributed by atoms with E-state index in [1.54, 1.807) is 13.8 Å². The molecule has 0 unspecified atom stereocenters. The molecule has 0 radical (unpaired) electrons. The summed E-state index contributed by atoms with van der Waals surface area (Å²) in [5, 5.41) is 2.61. The summed E-state index contributed by atoms with van der Waals surface area (Å²) in [6, 6.07) is 9.38. The van der Waals surface area contributed by atoms with E-state index in [0.717, 1.165) is 5.56 Å². The minimum absolute atomic E-state index is 0.147. The van der Waals surface area contributed by atoms with Gasteiger partial charge in [0.05, 0.1) is 6.61 Å². The molecule has 128 valence electrons. The molecule has 0 spiro atoms. The van der Waals surface area contributed by atoms with E-state index in [1.165, 1.54) is 0 Å². The second-order valence-corrected chi connectivity index (χ2v) is 4.96. The quantitative estimate of drug-likeness (QED) is 0.784. The molecule has 2 aromatic rings. The van der Waals surface area contributed by atoms with Gasteiger partial charge in [0, 0.05) is 19.9 Å². The number of esters is 1. The lowest BCUT2D eigenvalue weighted by molar-refractivity contribution is 0.0517. The highest BCUT2D eigenvalue weighted by Crippen LogP contribution is 2.12. The second-order valence-electron chi connectivity index (χ2n) is 4.96. The Morgan fingerprint density at radius 1 is 1.21 bits per heavy atom. The van der Waals surface area contributed by atoms with Crippen LogP contribution in [0, 0.1) is 6.92 Å². The standard InChI is InChI=1S/C17H20N2O5/c1-3-22-16(20)15-14(24-12(2)19-15)9-10-18-17(21)23-11-13-7-5-4-6-8-13/h4-8H,3,9-11H2,1-2H3,(H,18,21). The van der Waals surface area contributed by atoms with Gasteiger partial charge < -0.3 is 19.2 Å². The zero-order valence-electron chi connectivity index (χ0n) is 13.7. The summed E-state index contributed by atoms with van der Waals surface area (Å²) in [7, 11) is 0. The van der Waals surface area contributed by atoms with Crippen LogP contribution in [0.15, 0.2) is 34.7 Å². The molecule has 24 heavy (non-hydrogen) atoms. The van der Waals surface area contributed by atoms with Crippen LogP contribution in [-0.2, 0) is 22.5 Å². The highest BCUT2D eigenvalue weighted by Gasteiger charge is 2.19. The van der Waals surface area contributed by atoms with Crippen LogP contribution in [0.2, 0.25) is 0 Å². The number of carbonyl (C=O) groups is 2. The first-order chi connectivity index (χ1) is 11.6. The van der Waals surface area contributed by atoms with E-state index in [1.807, 2.05) is 30.3 Å². The number of carbonyl (C=O) groups excluding carboxylic acids is 2. The van der Waals surface area contributed by atoms with E-state index in [0.29, 0.717) is 18.1 Å². The van der Waals surface area contributed by atoms with Crippen molar-refractivity contribution in [1.82, 2.24) is 10.3 Å². The summed E-state index contributed by atoms with van der Waals surface area (Å²) in [5.41, 5.74) is 1.05. The Balaban J connectivity index is 1.79. The van der Waals surface area contributed by atoms with Gasteiger partial charge in [-0.15, -0.1) is 0 Å². The van der Waals surface area contributed by atoms with Gasteiger partial charge in [0.15, 0.2) is 11.6 Å². The molecule has 0 bridgehead atoms. The number of hydrogen-bond donors (Lipinski definition) is 1. The van der Waals surface area contributed by atoms with Crippen molar-refractivity contribution in [2.24, 2.45) is 0 Å². The minimum atomic E-state index is -0.534. The lowest BCUT2D eigenvalue weighted by atomic mass is 10.2. The average molecular weight is 332 g/mol. The Hall–Kier alpha value is -2.83. The zero-order chi connectivity index (χ0) is 17.4. The number of nitrogens with zero attached hydrogens (tertiary/aromatic N) is 1. The molecule has 1 N–H and O–H groups in total. The van der Waals surface area contributed by atoms with E-state index in [9.17, 15) is 9.59 Å². The smallest absolute Gasteiger partial charge is 0.407 e. The average Bonchev–Trinajstić information content (AvgIpc) is 2.95. The van der Waals surface area contributed by atoms with Crippen molar-refractivity contribution in [2.45, 2.75) is 26.9 Å². The number of aromatic nitrogens is 1. The van der Waals surface area contributed by atoms with E-state index in [2.05, 4.69) is 10.3 Å². The molecule has 0 atom stereocenters. The van der Waals surface area contributed by atoms with Crippen molar-refractivity contribution < 1.29 is 23.5 Å². The molecule has 7 nitrogen and oxygen atoms in total. The first-order valence-corrected chi connectivity index (χ1v) is 7.68. The van der Waals surface area contributed by atoms with E-state index in [-0.39, 0.29) is 25.5 Å². The Bertz CT molecular complexity index is 682. The Morgan fingerprint density at radius 3 is 2.67 bits per heavy atom. The number of alkyl carbamates (subject to hydrolysis) is 1. The van der Waals surface area contributed by atoms with Crippen LogP contribution in [-0.4, -0.2) is 30.2 Å². The van der Waals surface area contributed by atoms with Crippen LogP contribution in [0.3, 0.4) is 0 Å². The van der Waals surface area contributed by atoms with Crippen LogP contribution < -0.4 is 5.32 Å². The van der Waals surface area contributed by atoms with E-state index in [4.69, 9.17) is 13.9 Å². The van der Waals surface area contributed by atoms with Gasteiger partial charge in [0.25, 0.3) is 0 Å². The first-order valence-electron chi connectivity index (χ1n) is 7.68. The fourth-order valence-corrected chi connectivity index (χ4v) is 2.05. The molecule has 0 saturated heterocycles. The third-order valence-corrected chi connectivity index (χ3v) is 3.11. The predicted octanol–water partition coefficient (Wildman–Crippen LogP) is 2.63. The Morgan fingerprint density at radius 2 is 1.96 bits per heavy atom. The fourth-order valence-electron chi connectivity index (χ4n) is 2.05. The lowest BCUT2D eigenvalue weighted by Crippen LogP contribution is -2.26. The summed E-state index contributed by atoms with van der Waals surface area (Å²) >= 11 is 0. The SMILES string of the molecule is CCOC(=O)c1nc(C)oc1CCNC(=O)OCc1ccccc1. The van der Waals surface area contributed by atoms with Crippen LogP contribution >= 0.6 is 0 Å². The van der Waals surface area contributed by atoms with Gasteiger partial charge in [-0.2, -0.15) is 0 Å². The molecule has 0 aliphatic rings. The molecule has 0 aliphatic heterocycles. The van der Waals surface area contributed by atoms with Gasteiger partial charge in [-0.05, 0) is 12.5 Å². The van der Waals surface area contributed by atoms with Crippen LogP contribution in [0.4, 0.5) is 4.79 Å². The molecule has 1 aromatic heterocycles. The Kier molecular flexibility index (Phi) is 6.36. The minimum Gasteiger partial charge on any atom is -0.461 e. The van der Waals surface area contributed by atoms with E-state index < -0.39 is 12.1 Å². The molecule has 1 aromatic carbocycles. The summed E-state index contributed by atoms with van der Waals surface area (Å²) < 4.78 is 15.4. The predicted molar refractivity (Wildman–Crippen MR) is 85.5 cm³/mol. The van der Waals surface area contributed by atoms with Crippen molar-refractivity contribution in [3.63, 3.8) is 0 Å². The molecule has 7 heteroatoms. The second kappa shape index (κ2) is 8.71. The number of ether oxygens (including phenoxy) is 2. The number of rotatable bonds is 7. The van der Waals surface area contributed by atoms with Crippen molar-refractivity contribution in [3.05, 3.63) is 53.2 Å². The maximum absolute atomic E-state index is 11.8. The molecular formula is C17H20N2O5. The van der Waals surface area contributed by atoms with Gasteiger partial charge in [-0.25, -0.2) is 14.6 Å². The number of aryl methyl sites for hydroxylation is 1. The van der Waals surface area contributed by atoms with Crippen molar-refractivity contribution in [2.75, 3.05) is 13.2 Å². The summed E-state index contributed by atoms with van der Waals surface area (Å²) in [5.74, 6) is 0.227. The van der Waals surface area contributed by atoms with Crippen molar-refractivity contribution in [1.29, 1.82) is 0 Å². The topological polar surface area (TPSA) is 90.7 Å².